The second-order valence-electron chi connectivity index (χ2n) is 14.0. The molecule has 1 aliphatic heterocycles. The Morgan fingerprint density at radius 1 is 0.407 bits per heavy atom. The smallest absolute Gasteiger partial charge is 0.196 e. The van der Waals surface area contributed by atoms with E-state index in [1.807, 2.05) is 6.07 Å². The normalized spacial score (nSPS) is 14.3. The first-order valence-corrected chi connectivity index (χ1v) is 18.6. The minimum atomic E-state index is -0.207. The molecular formula is C51H34N2O. The number of anilines is 3. The Morgan fingerprint density at radius 3 is 1.63 bits per heavy atom. The van der Waals surface area contributed by atoms with Gasteiger partial charge in [0.05, 0.1) is 11.4 Å². The van der Waals surface area contributed by atoms with Crippen molar-refractivity contribution in [1.29, 1.82) is 0 Å². The minimum Gasteiger partial charge on any atom is -0.464 e. The Balaban J connectivity index is 1.11. The van der Waals surface area contributed by atoms with Crippen LogP contribution < -0.4 is 10.2 Å². The molecule has 3 heteroatoms. The molecule has 0 radical (unpaired) electrons. The van der Waals surface area contributed by atoms with Crippen molar-refractivity contribution in [2.45, 2.75) is 6.23 Å². The first-order valence-electron chi connectivity index (χ1n) is 18.6. The lowest BCUT2D eigenvalue weighted by Crippen LogP contribution is -2.15. The number of para-hydroxylation sites is 1. The van der Waals surface area contributed by atoms with Crippen LogP contribution in [0.4, 0.5) is 17.1 Å². The van der Waals surface area contributed by atoms with Crippen molar-refractivity contribution >= 4 is 60.8 Å². The third-order valence-electron chi connectivity index (χ3n) is 11.0. The number of fused-ring (bicyclic) bond motifs is 4. The number of rotatable bonds is 6. The number of benzene rings is 9. The molecule has 0 fully saturated rings. The summed E-state index contributed by atoms with van der Waals surface area (Å²) < 4.78 is 6.65. The first kappa shape index (κ1) is 30.5. The number of nitrogens with one attached hydrogen (secondary N) is 1. The fraction of sp³-hybridized carbons (Fsp3) is 0.0196. The van der Waals surface area contributed by atoms with E-state index in [1.54, 1.807) is 0 Å². The number of ether oxygens (including phenoxy) is 1. The van der Waals surface area contributed by atoms with E-state index in [-0.39, 0.29) is 6.23 Å². The van der Waals surface area contributed by atoms with E-state index in [9.17, 15) is 0 Å². The van der Waals surface area contributed by atoms with Gasteiger partial charge < -0.3 is 15.0 Å². The monoisotopic (exact) mass is 690 g/mol. The highest BCUT2D eigenvalue weighted by molar-refractivity contribution is 6.26. The van der Waals surface area contributed by atoms with E-state index in [1.165, 1.54) is 65.8 Å². The fourth-order valence-corrected chi connectivity index (χ4v) is 8.66. The Bertz CT molecular complexity index is 2840. The van der Waals surface area contributed by atoms with Crippen LogP contribution in [-0.4, -0.2) is 0 Å². The third-order valence-corrected chi connectivity index (χ3v) is 11.0. The van der Waals surface area contributed by atoms with Crippen LogP contribution in [0.5, 0.6) is 0 Å². The molecule has 1 heterocycles. The largest absolute Gasteiger partial charge is 0.464 e. The Kier molecular flexibility index (Phi) is 6.93. The van der Waals surface area contributed by atoms with Crippen LogP contribution >= 0.6 is 0 Å². The molecule has 1 N–H and O–H groups in total. The summed E-state index contributed by atoms with van der Waals surface area (Å²) in [6.07, 6.45) is -0.207. The molecule has 0 bridgehead atoms. The molecular weight excluding hydrogens is 657 g/mol. The van der Waals surface area contributed by atoms with Gasteiger partial charge in [-0.25, -0.2) is 0 Å². The van der Waals surface area contributed by atoms with Gasteiger partial charge in [0.2, 0.25) is 0 Å². The van der Waals surface area contributed by atoms with Crippen LogP contribution in [0.1, 0.15) is 22.9 Å². The quantitative estimate of drug-likeness (QED) is 0.176. The van der Waals surface area contributed by atoms with Crippen LogP contribution in [0.2, 0.25) is 0 Å². The summed E-state index contributed by atoms with van der Waals surface area (Å²) in [5, 5.41) is 11.0. The van der Waals surface area contributed by atoms with Crippen molar-refractivity contribution in [3.8, 4) is 22.3 Å². The molecule has 11 rings (SSSR count). The maximum absolute atomic E-state index is 6.65. The molecule has 2 aliphatic rings. The van der Waals surface area contributed by atoms with E-state index in [2.05, 4.69) is 198 Å². The molecule has 3 nitrogen and oxygen atoms in total. The standard InChI is InChI=1S/C51H34N2O/c1-4-15-33(16-5-1)34-27-29-37(30-28-34)53(36-19-8-3-9-20-36)49-42-23-12-10-21-39(42)46(40-22-11-13-24-43(40)49)41-31-32-44-47-38(41)25-14-26-45(47)50-48(44)52-51(54-50)35-17-6-2-7-18-35/h1-32,51-52H. The van der Waals surface area contributed by atoms with E-state index >= 15 is 0 Å². The molecule has 54 heavy (non-hydrogen) atoms. The highest BCUT2D eigenvalue weighted by Gasteiger charge is 2.35. The highest BCUT2D eigenvalue weighted by Crippen LogP contribution is 2.53. The molecule has 9 aromatic rings. The van der Waals surface area contributed by atoms with E-state index in [0.29, 0.717) is 0 Å². The summed E-state index contributed by atoms with van der Waals surface area (Å²) >= 11 is 0. The number of hydrogen-bond acceptors (Lipinski definition) is 3. The average molecular weight is 691 g/mol. The van der Waals surface area contributed by atoms with E-state index in [0.717, 1.165) is 34.0 Å². The minimum absolute atomic E-state index is 0.207. The Hall–Kier alpha value is -7.10. The van der Waals surface area contributed by atoms with Crippen molar-refractivity contribution < 1.29 is 4.74 Å². The van der Waals surface area contributed by atoms with Gasteiger partial charge in [0.1, 0.15) is 0 Å². The van der Waals surface area contributed by atoms with Gasteiger partial charge in [-0.1, -0.05) is 170 Å². The van der Waals surface area contributed by atoms with Gasteiger partial charge in [-0.2, -0.15) is 0 Å². The van der Waals surface area contributed by atoms with Crippen molar-refractivity contribution in [2.24, 2.45) is 0 Å². The Morgan fingerprint density at radius 2 is 0.944 bits per heavy atom. The topological polar surface area (TPSA) is 24.5 Å². The molecule has 1 aliphatic carbocycles. The average Bonchev–Trinajstić information content (AvgIpc) is 3.82. The lowest BCUT2D eigenvalue weighted by atomic mass is 9.86. The second-order valence-corrected chi connectivity index (χ2v) is 14.0. The van der Waals surface area contributed by atoms with Crippen LogP contribution in [0.15, 0.2) is 194 Å². The van der Waals surface area contributed by atoms with Crippen LogP contribution in [0.3, 0.4) is 0 Å². The summed E-state index contributed by atoms with van der Waals surface area (Å²) in [4.78, 5) is 2.43. The summed E-state index contributed by atoms with van der Waals surface area (Å²) in [6, 6.07) is 69.8. The van der Waals surface area contributed by atoms with Crippen molar-refractivity contribution in [3.05, 3.63) is 211 Å². The number of hydrogen-bond donors (Lipinski definition) is 1. The van der Waals surface area contributed by atoms with Crippen molar-refractivity contribution in [1.82, 2.24) is 5.32 Å². The molecule has 1 unspecified atom stereocenters. The number of nitrogens with zero attached hydrogens (tertiary/aromatic N) is 1. The zero-order valence-corrected chi connectivity index (χ0v) is 29.4. The molecule has 0 spiro atoms. The maximum Gasteiger partial charge on any atom is 0.196 e. The molecule has 254 valence electrons. The summed E-state index contributed by atoms with van der Waals surface area (Å²) in [7, 11) is 0. The first-order chi connectivity index (χ1) is 26.8. The van der Waals surface area contributed by atoms with Gasteiger partial charge in [-0.3, -0.25) is 0 Å². The highest BCUT2D eigenvalue weighted by atomic mass is 16.5. The lowest BCUT2D eigenvalue weighted by molar-refractivity contribution is 0.175. The third kappa shape index (κ3) is 4.69. The maximum atomic E-state index is 6.65. The SMILES string of the molecule is c1ccc(-c2ccc(N(c3ccccc3)c3c4ccccc4c(-c4ccc5c6c(cccc46)C4=C5NC(c5ccccc5)O4)c4ccccc34)cc2)cc1. The zero-order valence-electron chi connectivity index (χ0n) is 29.4. The van der Waals surface area contributed by atoms with E-state index in [4.69, 9.17) is 4.74 Å². The summed E-state index contributed by atoms with van der Waals surface area (Å²) in [5.74, 6) is 0.934. The molecule has 0 saturated carbocycles. The molecule has 9 aromatic carbocycles. The molecule has 0 amide bonds. The zero-order chi connectivity index (χ0) is 35.6. The van der Waals surface area contributed by atoms with Gasteiger partial charge in [-0.05, 0) is 62.7 Å². The van der Waals surface area contributed by atoms with Gasteiger partial charge in [0, 0.05) is 44.2 Å². The molecule has 0 saturated heterocycles. The second kappa shape index (κ2) is 12.3. The van der Waals surface area contributed by atoms with Crippen molar-refractivity contribution in [3.63, 3.8) is 0 Å². The predicted octanol–water partition coefficient (Wildman–Crippen LogP) is 13.4. The molecule has 0 aromatic heterocycles. The van der Waals surface area contributed by atoms with Crippen molar-refractivity contribution in [2.75, 3.05) is 4.90 Å². The van der Waals surface area contributed by atoms with Crippen LogP contribution in [-0.2, 0) is 4.74 Å². The lowest BCUT2D eigenvalue weighted by Gasteiger charge is -2.30. The summed E-state index contributed by atoms with van der Waals surface area (Å²) in [5.41, 5.74) is 12.8. The van der Waals surface area contributed by atoms with E-state index < -0.39 is 0 Å². The predicted molar refractivity (Wildman–Crippen MR) is 225 cm³/mol. The Labute approximate surface area is 314 Å². The van der Waals surface area contributed by atoms with Crippen LogP contribution in [0, 0.1) is 0 Å². The van der Waals surface area contributed by atoms with Gasteiger partial charge in [-0.15, -0.1) is 0 Å². The summed E-state index contributed by atoms with van der Waals surface area (Å²) in [6.45, 7) is 0. The van der Waals surface area contributed by atoms with Gasteiger partial charge >= 0.3 is 0 Å². The van der Waals surface area contributed by atoms with Crippen LogP contribution in [0.25, 0.3) is 66.0 Å². The van der Waals surface area contributed by atoms with Gasteiger partial charge in [0.15, 0.2) is 12.0 Å². The van der Waals surface area contributed by atoms with Gasteiger partial charge in [0.25, 0.3) is 0 Å². The molecule has 1 atom stereocenters. The fourth-order valence-electron chi connectivity index (χ4n) is 8.66.